The monoisotopic (exact) mass is 299 g/mol. The first-order valence-electron chi connectivity index (χ1n) is 5.95. The Morgan fingerprint density at radius 2 is 2.19 bits per heavy atom. The van der Waals surface area contributed by atoms with Crippen molar-refractivity contribution in [2.45, 2.75) is 0 Å². The van der Waals surface area contributed by atoms with Gasteiger partial charge in [0.05, 0.1) is 4.88 Å². The number of benzene rings is 1. The quantitative estimate of drug-likeness (QED) is 0.746. The van der Waals surface area contributed by atoms with Crippen molar-refractivity contribution >= 4 is 23.5 Å². The molecule has 0 spiro atoms. The number of carbonyl (C=O) groups is 2. The fraction of sp³-hybridized carbons (Fsp3) is 0. The Morgan fingerprint density at radius 1 is 1.33 bits per heavy atom. The summed E-state index contributed by atoms with van der Waals surface area (Å²) in [7, 11) is 0. The fourth-order valence-corrected chi connectivity index (χ4v) is 2.48. The van der Waals surface area contributed by atoms with Gasteiger partial charge in [0.15, 0.2) is 0 Å². The van der Waals surface area contributed by atoms with Gasteiger partial charge in [-0.1, -0.05) is 11.2 Å². The lowest BCUT2D eigenvalue weighted by molar-refractivity contribution is 0.100. The molecule has 0 atom stereocenters. The molecule has 21 heavy (non-hydrogen) atoms. The van der Waals surface area contributed by atoms with Gasteiger partial charge in [-0.2, -0.15) is 4.98 Å². The third-order valence-corrected chi connectivity index (χ3v) is 3.66. The van der Waals surface area contributed by atoms with E-state index in [-0.39, 0.29) is 11.5 Å². The van der Waals surface area contributed by atoms with Crippen molar-refractivity contribution in [1.82, 2.24) is 10.1 Å². The van der Waals surface area contributed by atoms with Gasteiger partial charge >= 0.3 is 0 Å². The molecule has 7 heteroatoms. The number of primary amides is 1. The minimum absolute atomic E-state index is 0.213. The Hall–Kier alpha value is -2.80. The molecule has 6 nitrogen and oxygen atoms in total. The average Bonchev–Trinajstić information content (AvgIpc) is 3.17. The van der Waals surface area contributed by atoms with Gasteiger partial charge in [-0.05, 0) is 29.6 Å². The van der Waals surface area contributed by atoms with E-state index in [9.17, 15) is 9.59 Å². The number of nitrogens with zero attached hydrogens (tertiary/aromatic N) is 2. The molecular formula is C14H9N3O3S. The number of aromatic nitrogens is 2. The summed E-state index contributed by atoms with van der Waals surface area (Å²) in [5.41, 5.74) is 6.25. The van der Waals surface area contributed by atoms with E-state index in [0.29, 0.717) is 23.2 Å². The van der Waals surface area contributed by atoms with E-state index < -0.39 is 5.91 Å². The van der Waals surface area contributed by atoms with Crippen LogP contribution < -0.4 is 5.73 Å². The molecular weight excluding hydrogens is 290 g/mol. The molecule has 1 aromatic carbocycles. The normalized spacial score (nSPS) is 10.5. The van der Waals surface area contributed by atoms with E-state index in [4.69, 9.17) is 10.3 Å². The number of nitrogens with two attached hydrogens (primary N) is 1. The fourth-order valence-electron chi connectivity index (χ4n) is 1.83. The highest BCUT2D eigenvalue weighted by molar-refractivity contribution is 7.13. The number of aldehydes is 1. The Labute approximate surface area is 123 Å². The van der Waals surface area contributed by atoms with E-state index in [2.05, 4.69) is 10.1 Å². The average molecular weight is 299 g/mol. The van der Waals surface area contributed by atoms with Crippen LogP contribution in [0.3, 0.4) is 0 Å². The molecule has 2 N–H and O–H groups in total. The lowest BCUT2D eigenvalue weighted by Gasteiger charge is -2.00. The second-order valence-corrected chi connectivity index (χ2v) is 5.17. The van der Waals surface area contributed by atoms with Crippen molar-refractivity contribution in [2.75, 3.05) is 0 Å². The minimum Gasteiger partial charge on any atom is -0.366 e. The molecule has 0 aliphatic heterocycles. The molecule has 2 aromatic heterocycles. The van der Waals surface area contributed by atoms with Gasteiger partial charge in [0, 0.05) is 16.7 Å². The molecule has 3 rings (SSSR count). The summed E-state index contributed by atoms with van der Waals surface area (Å²) in [4.78, 5) is 27.4. The highest BCUT2D eigenvalue weighted by atomic mass is 32.1. The zero-order valence-electron chi connectivity index (χ0n) is 10.6. The molecule has 104 valence electrons. The van der Waals surface area contributed by atoms with E-state index in [1.54, 1.807) is 6.07 Å². The first kappa shape index (κ1) is 13.2. The number of hydrogen-bond donors (Lipinski definition) is 1. The van der Waals surface area contributed by atoms with Crippen LogP contribution in [-0.4, -0.2) is 22.3 Å². The predicted octanol–water partition coefficient (Wildman–Crippen LogP) is 2.38. The van der Waals surface area contributed by atoms with Crippen molar-refractivity contribution in [2.24, 2.45) is 5.73 Å². The highest BCUT2D eigenvalue weighted by Crippen LogP contribution is 2.26. The third kappa shape index (κ3) is 2.59. The van der Waals surface area contributed by atoms with Gasteiger partial charge in [-0.15, -0.1) is 11.3 Å². The second kappa shape index (κ2) is 5.29. The predicted molar refractivity (Wildman–Crippen MR) is 77.0 cm³/mol. The standard InChI is InChI=1S/C14H9N3O3S/c15-12(19)9-4-8(7-18)5-10(6-9)14-16-13(17-20-14)11-2-1-3-21-11/h1-7H,(H2,15,19). The Bertz CT molecular complexity index is 809. The van der Waals surface area contributed by atoms with Gasteiger partial charge < -0.3 is 10.3 Å². The second-order valence-electron chi connectivity index (χ2n) is 4.23. The third-order valence-electron chi connectivity index (χ3n) is 2.79. The zero-order valence-corrected chi connectivity index (χ0v) is 11.5. The van der Waals surface area contributed by atoms with Gasteiger partial charge in [0.2, 0.25) is 11.7 Å². The Kier molecular flexibility index (Phi) is 3.33. The number of hydrogen-bond acceptors (Lipinski definition) is 6. The van der Waals surface area contributed by atoms with Crippen LogP contribution in [0.1, 0.15) is 20.7 Å². The summed E-state index contributed by atoms with van der Waals surface area (Å²) < 4.78 is 5.19. The molecule has 2 heterocycles. The lowest BCUT2D eigenvalue weighted by Crippen LogP contribution is -2.11. The molecule has 0 radical (unpaired) electrons. The number of thiophene rings is 1. The van der Waals surface area contributed by atoms with Gasteiger partial charge in [-0.25, -0.2) is 0 Å². The largest absolute Gasteiger partial charge is 0.366 e. The summed E-state index contributed by atoms with van der Waals surface area (Å²) in [6, 6.07) is 8.24. The maximum atomic E-state index is 11.3. The van der Waals surface area contributed by atoms with Crippen molar-refractivity contribution in [1.29, 1.82) is 0 Å². The van der Waals surface area contributed by atoms with Crippen LogP contribution in [0.15, 0.2) is 40.2 Å². The van der Waals surface area contributed by atoms with Crippen LogP contribution in [0.2, 0.25) is 0 Å². The topological polar surface area (TPSA) is 99.1 Å². The highest BCUT2D eigenvalue weighted by Gasteiger charge is 2.14. The van der Waals surface area contributed by atoms with Crippen LogP contribution in [0.25, 0.3) is 22.2 Å². The molecule has 0 bridgehead atoms. The van der Waals surface area contributed by atoms with Gasteiger partial charge in [0.25, 0.3) is 5.89 Å². The van der Waals surface area contributed by atoms with Crippen molar-refractivity contribution in [3.8, 4) is 22.2 Å². The van der Waals surface area contributed by atoms with Gasteiger partial charge in [-0.3, -0.25) is 9.59 Å². The van der Waals surface area contributed by atoms with Crippen molar-refractivity contribution < 1.29 is 14.1 Å². The Balaban J connectivity index is 2.06. The van der Waals surface area contributed by atoms with Gasteiger partial charge in [0.1, 0.15) is 6.29 Å². The molecule has 0 fully saturated rings. The zero-order chi connectivity index (χ0) is 14.8. The van der Waals surface area contributed by atoms with E-state index >= 15 is 0 Å². The Morgan fingerprint density at radius 3 is 2.86 bits per heavy atom. The maximum absolute atomic E-state index is 11.3. The first-order chi connectivity index (χ1) is 10.2. The summed E-state index contributed by atoms with van der Waals surface area (Å²) >= 11 is 1.48. The summed E-state index contributed by atoms with van der Waals surface area (Å²) in [5.74, 6) is 0.0553. The molecule has 3 aromatic rings. The van der Waals surface area contributed by atoms with Crippen molar-refractivity contribution in [3.63, 3.8) is 0 Å². The summed E-state index contributed by atoms with van der Waals surface area (Å²) in [5, 5.41) is 5.79. The molecule has 0 saturated carbocycles. The molecule has 0 saturated heterocycles. The molecule has 0 unspecified atom stereocenters. The molecule has 0 aliphatic rings. The minimum atomic E-state index is -0.627. The lowest BCUT2D eigenvalue weighted by atomic mass is 10.1. The molecule has 0 aliphatic carbocycles. The van der Waals surface area contributed by atoms with Crippen LogP contribution in [0, 0.1) is 0 Å². The molecule has 1 amide bonds. The van der Waals surface area contributed by atoms with Crippen molar-refractivity contribution in [3.05, 3.63) is 46.8 Å². The van der Waals surface area contributed by atoms with Crippen LogP contribution in [-0.2, 0) is 0 Å². The van der Waals surface area contributed by atoms with Crippen LogP contribution >= 0.6 is 11.3 Å². The number of carbonyl (C=O) groups excluding carboxylic acids is 2. The van der Waals surface area contributed by atoms with E-state index in [0.717, 1.165) is 4.88 Å². The maximum Gasteiger partial charge on any atom is 0.258 e. The summed E-state index contributed by atoms with van der Waals surface area (Å²) in [6.07, 6.45) is 0.631. The SMILES string of the molecule is NC(=O)c1cc(C=O)cc(-c2nc(-c3cccs3)no2)c1. The van der Waals surface area contributed by atoms with Crippen LogP contribution in [0.4, 0.5) is 0 Å². The van der Waals surface area contributed by atoms with E-state index in [1.165, 1.54) is 23.5 Å². The number of rotatable bonds is 4. The summed E-state index contributed by atoms with van der Waals surface area (Å²) in [6.45, 7) is 0. The number of amides is 1. The smallest absolute Gasteiger partial charge is 0.258 e. The first-order valence-corrected chi connectivity index (χ1v) is 6.83. The van der Waals surface area contributed by atoms with Crippen LogP contribution in [0.5, 0.6) is 0 Å². The van der Waals surface area contributed by atoms with E-state index in [1.807, 2.05) is 17.5 Å².